The minimum atomic E-state index is 0.721. The lowest BCUT2D eigenvalue weighted by atomic mass is 9.87. The molecule has 0 radical (unpaired) electrons. The molecule has 0 fully saturated rings. The van der Waals surface area contributed by atoms with E-state index in [1.807, 2.05) is 6.07 Å². The van der Waals surface area contributed by atoms with Crippen molar-refractivity contribution in [2.75, 3.05) is 24.2 Å². The van der Waals surface area contributed by atoms with Gasteiger partial charge in [-0.05, 0) is 83.9 Å². The van der Waals surface area contributed by atoms with Crippen LogP contribution in [0.4, 0.5) is 11.4 Å². The molecule has 0 amide bonds. The number of nitrogens with two attached hydrogens (primary N) is 1. The molecule has 146 valence electrons. The average Bonchev–Trinajstić information content (AvgIpc) is 2.93. The number of nitrogen functional groups attached to an aromatic ring is 1. The van der Waals surface area contributed by atoms with Gasteiger partial charge >= 0.3 is 0 Å². The minimum Gasteiger partial charge on any atom is -0.490 e. The van der Waals surface area contributed by atoms with E-state index in [2.05, 4.69) is 66.8 Å². The zero-order valence-corrected chi connectivity index (χ0v) is 16.8. The Kier molecular flexibility index (Phi) is 4.51. The number of allylic oxidation sites excluding steroid dienone is 1. The Hall–Kier alpha value is -3.20. The molecule has 1 aliphatic heterocycles. The van der Waals surface area contributed by atoms with Crippen LogP contribution in [-0.2, 0) is 6.42 Å². The monoisotopic (exact) mass is 382 g/mol. The van der Waals surface area contributed by atoms with Gasteiger partial charge in [0.2, 0.25) is 0 Å². The summed E-state index contributed by atoms with van der Waals surface area (Å²) in [6, 6.07) is 21.8. The molecule has 29 heavy (non-hydrogen) atoms. The molecular weight excluding hydrogens is 356 g/mol. The van der Waals surface area contributed by atoms with Gasteiger partial charge < -0.3 is 15.8 Å². The SMILES string of the molecule is Cc1ccc(C2=C(c3ccc4c(c3)NCCO4)CCCc3cc(N)ccc32)cc1. The van der Waals surface area contributed by atoms with Crippen LogP contribution in [0.1, 0.15) is 40.7 Å². The van der Waals surface area contributed by atoms with Crippen LogP contribution in [0.3, 0.4) is 0 Å². The second kappa shape index (κ2) is 7.32. The van der Waals surface area contributed by atoms with Crippen LogP contribution >= 0.6 is 0 Å². The summed E-state index contributed by atoms with van der Waals surface area (Å²) in [5.74, 6) is 0.944. The fourth-order valence-corrected chi connectivity index (χ4v) is 4.47. The number of hydrogen-bond donors (Lipinski definition) is 2. The Labute approximate surface area is 172 Å². The normalized spacial score (nSPS) is 15.6. The summed E-state index contributed by atoms with van der Waals surface area (Å²) in [5.41, 5.74) is 17.2. The predicted molar refractivity (Wildman–Crippen MR) is 121 cm³/mol. The maximum Gasteiger partial charge on any atom is 0.142 e. The number of anilines is 2. The Morgan fingerprint density at radius 2 is 1.72 bits per heavy atom. The highest BCUT2D eigenvalue weighted by Crippen LogP contribution is 2.42. The summed E-state index contributed by atoms with van der Waals surface area (Å²) in [6.07, 6.45) is 3.20. The molecule has 0 saturated heterocycles. The van der Waals surface area contributed by atoms with Crippen molar-refractivity contribution in [2.45, 2.75) is 26.2 Å². The topological polar surface area (TPSA) is 47.3 Å². The molecule has 0 unspecified atom stereocenters. The van der Waals surface area contributed by atoms with E-state index >= 15 is 0 Å². The van der Waals surface area contributed by atoms with Crippen molar-refractivity contribution >= 4 is 22.5 Å². The lowest BCUT2D eigenvalue weighted by Gasteiger charge is -2.22. The summed E-state index contributed by atoms with van der Waals surface area (Å²) in [4.78, 5) is 0. The number of ether oxygens (including phenoxy) is 1. The maximum absolute atomic E-state index is 6.12. The van der Waals surface area contributed by atoms with Crippen LogP contribution in [0.2, 0.25) is 0 Å². The number of rotatable bonds is 2. The van der Waals surface area contributed by atoms with Gasteiger partial charge in [-0.3, -0.25) is 0 Å². The third-order valence-electron chi connectivity index (χ3n) is 5.92. The molecule has 5 rings (SSSR count). The molecule has 0 atom stereocenters. The first kappa shape index (κ1) is 17.9. The lowest BCUT2D eigenvalue weighted by molar-refractivity contribution is 0.323. The van der Waals surface area contributed by atoms with Crippen molar-refractivity contribution in [2.24, 2.45) is 0 Å². The molecule has 3 heteroatoms. The zero-order chi connectivity index (χ0) is 19.8. The maximum atomic E-state index is 6.12. The van der Waals surface area contributed by atoms with Crippen molar-refractivity contribution in [3.8, 4) is 5.75 Å². The minimum absolute atomic E-state index is 0.721. The molecule has 3 N–H and O–H groups in total. The van der Waals surface area contributed by atoms with Crippen LogP contribution in [-0.4, -0.2) is 13.2 Å². The van der Waals surface area contributed by atoms with E-state index in [-0.39, 0.29) is 0 Å². The van der Waals surface area contributed by atoms with E-state index in [1.165, 1.54) is 39.0 Å². The molecule has 3 aromatic carbocycles. The molecule has 0 saturated carbocycles. The molecule has 3 aromatic rings. The standard InChI is InChI=1S/C26H26N2O/c1-17-5-7-18(8-6-17)26-22(4-2-3-19-15-21(27)10-11-23(19)26)20-9-12-25-24(16-20)28-13-14-29-25/h5-12,15-16,28H,2-4,13-14,27H2,1H3. The van der Waals surface area contributed by atoms with Gasteiger partial charge in [0.25, 0.3) is 0 Å². The quantitative estimate of drug-likeness (QED) is 0.561. The Balaban J connectivity index is 1.75. The van der Waals surface area contributed by atoms with Crippen molar-refractivity contribution in [1.29, 1.82) is 0 Å². The van der Waals surface area contributed by atoms with Gasteiger partial charge in [0.15, 0.2) is 0 Å². The van der Waals surface area contributed by atoms with Gasteiger partial charge in [-0.1, -0.05) is 42.0 Å². The summed E-state index contributed by atoms with van der Waals surface area (Å²) in [7, 11) is 0. The van der Waals surface area contributed by atoms with E-state index in [0.717, 1.165) is 49.5 Å². The molecule has 0 aromatic heterocycles. The van der Waals surface area contributed by atoms with Crippen molar-refractivity contribution in [3.63, 3.8) is 0 Å². The molecule has 3 nitrogen and oxygen atoms in total. The number of benzene rings is 3. The number of fused-ring (bicyclic) bond motifs is 2. The first-order valence-electron chi connectivity index (χ1n) is 10.4. The van der Waals surface area contributed by atoms with Crippen molar-refractivity contribution in [3.05, 3.63) is 88.5 Å². The van der Waals surface area contributed by atoms with E-state index in [4.69, 9.17) is 10.5 Å². The fourth-order valence-electron chi connectivity index (χ4n) is 4.47. The Morgan fingerprint density at radius 3 is 2.59 bits per heavy atom. The highest BCUT2D eigenvalue weighted by Gasteiger charge is 2.21. The van der Waals surface area contributed by atoms with Crippen LogP contribution in [0.5, 0.6) is 5.75 Å². The van der Waals surface area contributed by atoms with Crippen LogP contribution in [0, 0.1) is 6.92 Å². The first-order valence-corrected chi connectivity index (χ1v) is 10.4. The lowest BCUT2D eigenvalue weighted by Crippen LogP contribution is -2.18. The Bertz CT molecular complexity index is 1100. The fraction of sp³-hybridized carbons (Fsp3) is 0.231. The summed E-state index contributed by atoms with van der Waals surface area (Å²) >= 11 is 0. The zero-order valence-electron chi connectivity index (χ0n) is 16.8. The third-order valence-corrected chi connectivity index (χ3v) is 5.92. The van der Waals surface area contributed by atoms with Gasteiger partial charge in [-0.2, -0.15) is 0 Å². The van der Waals surface area contributed by atoms with Crippen LogP contribution < -0.4 is 15.8 Å². The second-order valence-corrected chi connectivity index (χ2v) is 7.98. The van der Waals surface area contributed by atoms with Gasteiger partial charge in [0.1, 0.15) is 12.4 Å². The number of nitrogens with one attached hydrogen (secondary N) is 1. The number of aryl methyl sites for hydroxylation is 2. The average molecular weight is 383 g/mol. The molecule has 0 spiro atoms. The molecule has 0 bridgehead atoms. The second-order valence-electron chi connectivity index (χ2n) is 7.98. The molecular formula is C26H26N2O. The van der Waals surface area contributed by atoms with E-state index in [9.17, 15) is 0 Å². The third kappa shape index (κ3) is 3.38. The van der Waals surface area contributed by atoms with Crippen LogP contribution in [0.15, 0.2) is 60.7 Å². The summed E-state index contributed by atoms with van der Waals surface area (Å²) in [6.45, 7) is 3.71. The number of hydrogen-bond acceptors (Lipinski definition) is 3. The smallest absolute Gasteiger partial charge is 0.142 e. The largest absolute Gasteiger partial charge is 0.490 e. The van der Waals surface area contributed by atoms with Crippen molar-refractivity contribution < 1.29 is 4.74 Å². The van der Waals surface area contributed by atoms with Gasteiger partial charge in [0.05, 0.1) is 5.69 Å². The highest BCUT2D eigenvalue weighted by molar-refractivity contribution is 6.00. The summed E-state index contributed by atoms with van der Waals surface area (Å²) in [5, 5.41) is 3.48. The van der Waals surface area contributed by atoms with Crippen molar-refractivity contribution in [1.82, 2.24) is 0 Å². The van der Waals surface area contributed by atoms with E-state index < -0.39 is 0 Å². The first-order chi connectivity index (χ1) is 14.2. The molecule has 2 aliphatic rings. The van der Waals surface area contributed by atoms with E-state index in [0.29, 0.717) is 0 Å². The van der Waals surface area contributed by atoms with Gasteiger partial charge in [-0.25, -0.2) is 0 Å². The van der Waals surface area contributed by atoms with Crippen LogP contribution in [0.25, 0.3) is 11.1 Å². The highest BCUT2D eigenvalue weighted by atomic mass is 16.5. The Morgan fingerprint density at radius 1 is 0.897 bits per heavy atom. The van der Waals surface area contributed by atoms with Gasteiger partial charge in [0, 0.05) is 12.2 Å². The predicted octanol–water partition coefficient (Wildman–Crippen LogP) is 5.68. The molecule has 1 heterocycles. The summed E-state index contributed by atoms with van der Waals surface area (Å²) < 4.78 is 5.79. The van der Waals surface area contributed by atoms with Gasteiger partial charge in [-0.15, -0.1) is 0 Å². The van der Waals surface area contributed by atoms with E-state index in [1.54, 1.807) is 0 Å². The molecule has 1 aliphatic carbocycles.